The summed E-state index contributed by atoms with van der Waals surface area (Å²) in [5.74, 6) is -2.33. The molecule has 0 bridgehead atoms. The van der Waals surface area contributed by atoms with Crippen LogP contribution in [0, 0.1) is 0 Å². The first-order valence-electron chi connectivity index (χ1n) is 7.70. The number of carbonyl (C=O) groups is 3. The lowest BCUT2D eigenvalue weighted by Gasteiger charge is -2.26. The standard InChI is InChI=1S/C14H20N2O3.C2H2O4/c1-18-12-5-7-13(8-6-12)19-11-14(17)15-16-9-3-2-4-10-16;3-1(4)2(5)6/h5-8H,2-4,9-11H2,1H3,(H,15,17);(H,3,4)(H,5,6). The second kappa shape index (κ2) is 10.9. The molecular weight excluding hydrogens is 332 g/mol. The first kappa shape index (κ1) is 20.2. The lowest BCUT2D eigenvalue weighted by atomic mass is 10.2. The number of nitrogens with one attached hydrogen (secondary N) is 1. The number of ether oxygens (including phenoxy) is 2. The Bertz CT molecular complexity index is 556. The first-order valence-corrected chi connectivity index (χ1v) is 7.70. The molecular formula is C16H22N2O7. The van der Waals surface area contributed by atoms with E-state index in [1.54, 1.807) is 31.4 Å². The van der Waals surface area contributed by atoms with Crippen LogP contribution in [0.4, 0.5) is 0 Å². The fraction of sp³-hybridized carbons (Fsp3) is 0.438. The van der Waals surface area contributed by atoms with Gasteiger partial charge in [-0.1, -0.05) is 6.42 Å². The minimum absolute atomic E-state index is 0.0306. The number of aliphatic carboxylic acids is 2. The molecule has 0 unspecified atom stereocenters. The van der Waals surface area contributed by atoms with Crippen molar-refractivity contribution in [3.63, 3.8) is 0 Å². The van der Waals surface area contributed by atoms with E-state index in [0.29, 0.717) is 5.75 Å². The molecule has 1 saturated heterocycles. The van der Waals surface area contributed by atoms with Gasteiger partial charge in [-0.3, -0.25) is 10.2 Å². The van der Waals surface area contributed by atoms with E-state index in [0.717, 1.165) is 31.7 Å². The zero-order valence-corrected chi connectivity index (χ0v) is 13.9. The molecule has 1 aromatic rings. The SMILES string of the molecule is COc1ccc(OCC(=O)NN2CCCCC2)cc1.O=C(O)C(=O)O. The van der Waals surface area contributed by atoms with Crippen LogP contribution in [0.1, 0.15) is 19.3 Å². The molecule has 1 aliphatic heterocycles. The van der Waals surface area contributed by atoms with Crippen LogP contribution in [-0.4, -0.2) is 59.9 Å². The van der Waals surface area contributed by atoms with Crippen molar-refractivity contribution in [1.29, 1.82) is 0 Å². The highest BCUT2D eigenvalue weighted by atomic mass is 16.5. The predicted molar refractivity (Wildman–Crippen MR) is 87.3 cm³/mol. The fourth-order valence-corrected chi connectivity index (χ4v) is 2.04. The second-order valence-corrected chi connectivity index (χ2v) is 5.16. The van der Waals surface area contributed by atoms with E-state index in [1.807, 2.05) is 5.01 Å². The van der Waals surface area contributed by atoms with E-state index < -0.39 is 11.9 Å². The number of carbonyl (C=O) groups excluding carboxylic acids is 1. The molecule has 9 nitrogen and oxygen atoms in total. The molecule has 0 aromatic heterocycles. The van der Waals surface area contributed by atoms with Crippen molar-refractivity contribution in [3.05, 3.63) is 24.3 Å². The normalized spacial score (nSPS) is 13.8. The van der Waals surface area contributed by atoms with Gasteiger partial charge in [0, 0.05) is 13.1 Å². The molecule has 1 fully saturated rings. The molecule has 1 aliphatic rings. The van der Waals surface area contributed by atoms with Crippen LogP contribution in [0.15, 0.2) is 24.3 Å². The summed E-state index contributed by atoms with van der Waals surface area (Å²) in [6, 6.07) is 7.18. The van der Waals surface area contributed by atoms with Crippen molar-refractivity contribution in [2.24, 2.45) is 0 Å². The van der Waals surface area contributed by atoms with Crippen LogP contribution >= 0.6 is 0 Å². The number of hydrogen-bond acceptors (Lipinski definition) is 6. The fourth-order valence-electron chi connectivity index (χ4n) is 2.04. The number of carboxylic acids is 2. The maximum atomic E-state index is 11.7. The summed E-state index contributed by atoms with van der Waals surface area (Å²) < 4.78 is 10.5. The Kier molecular flexibility index (Phi) is 8.80. The quantitative estimate of drug-likeness (QED) is 0.661. The van der Waals surface area contributed by atoms with Gasteiger partial charge in [-0.2, -0.15) is 0 Å². The summed E-state index contributed by atoms with van der Waals surface area (Å²) >= 11 is 0. The average molecular weight is 354 g/mol. The number of carboxylic acid groups (broad SMARTS) is 2. The lowest BCUT2D eigenvalue weighted by Crippen LogP contribution is -2.46. The van der Waals surface area contributed by atoms with Crippen LogP contribution < -0.4 is 14.9 Å². The van der Waals surface area contributed by atoms with Gasteiger partial charge in [-0.25, -0.2) is 14.6 Å². The lowest BCUT2D eigenvalue weighted by molar-refractivity contribution is -0.159. The minimum Gasteiger partial charge on any atom is -0.497 e. The molecule has 0 aliphatic carbocycles. The highest BCUT2D eigenvalue weighted by Gasteiger charge is 2.12. The number of nitrogens with zero attached hydrogens (tertiary/aromatic N) is 1. The van der Waals surface area contributed by atoms with Gasteiger partial charge < -0.3 is 19.7 Å². The smallest absolute Gasteiger partial charge is 0.414 e. The second-order valence-electron chi connectivity index (χ2n) is 5.16. The number of methoxy groups -OCH3 is 1. The maximum absolute atomic E-state index is 11.7. The first-order chi connectivity index (χ1) is 11.9. The highest BCUT2D eigenvalue weighted by Crippen LogP contribution is 2.16. The number of hydrazine groups is 1. The number of benzene rings is 1. The van der Waals surface area contributed by atoms with Crippen LogP contribution in [0.25, 0.3) is 0 Å². The molecule has 0 atom stereocenters. The molecule has 1 amide bonds. The van der Waals surface area contributed by atoms with Gasteiger partial charge in [0.1, 0.15) is 11.5 Å². The van der Waals surface area contributed by atoms with Crippen LogP contribution in [0.5, 0.6) is 11.5 Å². The number of rotatable bonds is 5. The van der Waals surface area contributed by atoms with Crippen molar-refractivity contribution in [2.45, 2.75) is 19.3 Å². The van der Waals surface area contributed by atoms with Gasteiger partial charge in [0.05, 0.1) is 7.11 Å². The Hall–Kier alpha value is -2.81. The molecule has 0 radical (unpaired) electrons. The third-order valence-corrected chi connectivity index (χ3v) is 3.25. The largest absolute Gasteiger partial charge is 0.497 e. The Morgan fingerprint density at radius 3 is 2.00 bits per heavy atom. The number of amides is 1. The van der Waals surface area contributed by atoms with Crippen molar-refractivity contribution < 1.29 is 34.1 Å². The van der Waals surface area contributed by atoms with Gasteiger partial charge in [0.25, 0.3) is 5.91 Å². The monoisotopic (exact) mass is 354 g/mol. The topological polar surface area (TPSA) is 125 Å². The zero-order chi connectivity index (χ0) is 18.7. The number of piperidine rings is 1. The van der Waals surface area contributed by atoms with E-state index in [1.165, 1.54) is 6.42 Å². The van der Waals surface area contributed by atoms with Crippen molar-refractivity contribution in [2.75, 3.05) is 26.8 Å². The maximum Gasteiger partial charge on any atom is 0.414 e. The predicted octanol–water partition coefficient (Wildman–Crippen LogP) is 0.747. The third kappa shape index (κ3) is 8.56. The zero-order valence-electron chi connectivity index (χ0n) is 13.9. The molecule has 2 rings (SSSR count). The molecule has 138 valence electrons. The molecule has 1 heterocycles. The molecule has 0 spiro atoms. The van der Waals surface area contributed by atoms with Crippen molar-refractivity contribution in [1.82, 2.24) is 10.4 Å². The molecule has 1 aromatic carbocycles. The minimum atomic E-state index is -1.82. The van der Waals surface area contributed by atoms with Crippen LogP contribution in [-0.2, 0) is 14.4 Å². The summed E-state index contributed by atoms with van der Waals surface area (Å²) in [4.78, 5) is 29.9. The van der Waals surface area contributed by atoms with E-state index in [2.05, 4.69) is 5.43 Å². The number of hydrogen-bond donors (Lipinski definition) is 3. The Morgan fingerprint density at radius 2 is 1.52 bits per heavy atom. The summed E-state index contributed by atoms with van der Waals surface area (Å²) in [6.07, 6.45) is 3.52. The molecule has 0 saturated carbocycles. The van der Waals surface area contributed by atoms with Gasteiger partial charge >= 0.3 is 11.9 Å². The van der Waals surface area contributed by atoms with E-state index in [4.69, 9.17) is 29.3 Å². The molecule has 3 N–H and O–H groups in total. The van der Waals surface area contributed by atoms with E-state index in [9.17, 15) is 4.79 Å². The average Bonchev–Trinajstić information content (AvgIpc) is 2.61. The molecule has 9 heteroatoms. The third-order valence-electron chi connectivity index (χ3n) is 3.25. The molecule has 25 heavy (non-hydrogen) atoms. The summed E-state index contributed by atoms with van der Waals surface area (Å²) in [5, 5.41) is 16.7. The van der Waals surface area contributed by atoms with Gasteiger partial charge in [-0.05, 0) is 37.1 Å². The Balaban J connectivity index is 0.000000450. The Labute approximate surface area is 145 Å². The Morgan fingerprint density at radius 1 is 1.00 bits per heavy atom. The van der Waals surface area contributed by atoms with Crippen LogP contribution in [0.3, 0.4) is 0 Å². The van der Waals surface area contributed by atoms with E-state index in [-0.39, 0.29) is 12.5 Å². The van der Waals surface area contributed by atoms with Crippen LogP contribution in [0.2, 0.25) is 0 Å². The summed E-state index contributed by atoms with van der Waals surface area (Å²) in [6.45, 7) is 1.88. The summed E-state index contributed by atoms with van der Waals surface area (Å²) in [5.41, 5.74) is 2.86. The van der Waals surface area contributed by atoms with Gasteiger partial charge in [0.15, 0.2) is 6.61 Å². The van der Waals surface area contributed by atoms with Gasteiger partial charge in [-0.15, -0.1) is 0 Å². The highest BCUT2D eigenvalue weighted by molar-refractivity contribution is 6.27. The van der Waals surface area contributed by atoms with Crippen molar-refractivity contribution in [3.8, 4) is 11.5 Å². The van der Waals surface area contributed by atoms with E-state index >= 15 is 0 Å². The van der Waals surface area contributed by atoms with Gasteiger partial charge in [0.2, 0.25) is 0 Å². The van der Waals surface area contributed by atoms with Crippen molar-refractivity contribution >= 4 is 17.8 Å². The summed E-state index contributed by atoms with van der Waals surface area (Å²) in [7, 11) is 1.61.